The van der Waals surface area contributed by atoms with Gasteiger partial charge in [-0.05, 0) is 37.2 Å². The second-order valence-corrected chi connectivity index (χ2v) is 8.44. The molecule has 7 heteroatoms. The molecule has 0 unspecified atom stereocenters. The molecule has 0 aromatic carbocycles. The molecule has 132 valence electrons. The van der Waals surface area contributed by atoms with Gasteiger partial charge in [0, 0.05) is 36.4 Å². The van der Waals surface area contributed by atoms with E-state index in [9.17, 15) is 0 Å². The number of rotatable bonds is 3. The predicted octanol–water partition coefficient (Wildman–Crippen LogP) is 3.77. The molecular formula is C18H22ClN5S. The molecule has 2 aliphatic rings. The van der Waals surface area contributed by atoms with Crippen LogP contribution in [0.5, 0.6) is 0 Å². The van der Waals surface area contributed by atoms with Crippen molar-refractivity contribution in [2.45, 2.75) is 48.1 Å². The molecule has 2 aromatic heterocycles. The van der Waals surface area contributed by atoms with E-state index in [2.05, 4.69) is 19.9 Å². The summed E-state index contributed by atoms with van der Waals surface area (Å²) in [6.45, 7) is 2.04. The van der Waals surface area contributed by atoms with Gasteiger partial charge in [0.2, 0.25) is 0 Å². The van der Waals surface area contributed by atoms with Crippen LogP contribution in [0.2, 0.25) is 5.02 Å². The van der Waals surface area contributed by atoms with Crippen molar-refractivity contribution in [3.63, 3.8) is 0 Å². The Kier molecular flexibility index (Phi) is 4.84. The van der Waals surface area contributed by atoms with E-state index in [0.717, 1.165) is 28.8 Å². The van der Waals surface area contributed by atoms with E-state index >= 15 is 0 Å². The fourth-order valence-corrected chi connectivity index (χ4v) is 5.00. The second kappa shape index (κ2) is 7.09. The molecule has 0 amide bonds. The number of halogens is 1. The molecular weight excluding hydrogens is 354 g/mol. The van der Waals surface area contributed by atoms with Gasteiger partial charge in [0.25, 0.3) is 0 Å². The number of nitrogens with two attached hydrogens (primary N) is 1. The van der Waals surface area contributed by atoms with Gasteiger partial charge >= 0.3 is 0 Å². The van der Waals surface area contributed by atoms with Crippen molar-refractivity contribution in [1.29, 1.82) is 0 Å². The summed E-state index contributed by atoms with van der Waals surface area (Å²) in [6, 6.07) is 2.27. The normalized spacial score (nSPS) is 22.5. The van der Waals surface area contributed by atoms with Crippen molar-refractivity contribution in [3.8, 4) is 0 Å². The summed E-state index contributed by atoms with van der Waals surface area (Å²) < 4.78 is 0. The smallest absolute Gasteiger partial charge is 0.147 e. The number of hydrogen-bond donors (Lipinski definition) is 1. The van der Waals surface area contributed by atoms with Crippen molar-refractivity contribution in [1.82, 2.24) is 15.0 Å². The van der Waals surface area contributed by atoms with Crippen LogP contribution < -0.4 is 10.6 Å². The lowest BCUT2D eigenvalue weighted by Crippen LogP contribution is -2.47. The van der Waals surface area contributed by atoms with Crippen LogP contribution in [0.25, 0.3) is 0 Å². The van der Waals surface area contributed by atoms with E-state index in [1.165, 1.54) is 43.9 Å². The highest BCUT2D eigenvalue weighted by atomic mass is 35.5. The van der Waals surface area contributed by atoms with Crippen LogP contribution in [0.4, 0.5) is 5.82 Å². The first kappa shape index (κ1) is 17.1. The van der Waals surface area contributed by atoms with Crippen LogP contribution >= 0.6 is 23.4 Å². The highest BCUT2D eigenvalue weighted by Gasteiger charge is 2.42. The Labute approximate surface area is 157 Å². The van der Waals surface area contributed by atoms with Crippen molar-refractivity contribution >= 4 is 29.2 Å². The first-order valence-electron chi connectivity index (χ1n) is 8.76. The number of hydrogen-bond acceptors (Lipinski definition) is 6. The first-order valence-corrected chi connectivity index (χ1v) is 9.96. The van der Waals surface area contributed by atoms with Gasteiger partial charge in [0.1, 0.15) is 10.8 Å². The summed E-state index contributed by atoms with van der Waals surface area (Å²) in [5.74, 6) is 0.951. The van der Waals surface area contributed by atoms with Gasteiger partial charge in [0.15, 0.2) is 0 Å². The summed E-state index contributed by atoms with van der Waals surface area (Å²) in [5.41, 5.74) is 6.74. The second-order valence-electron chi connectivity index (χ2n) is 6.97. The Morgan fingerprint density at radius 1 is 1.16 bits per heavy atom. The van der Waals surface area contributed by atoms with Gasteiger partial charge in [-0.2, -0.15) is 0 Å². The topological polar surface area (TPSA) is 67.9 Å². The van der Waals surface area contributed by atoms with Crippen molar-refractivity contribution in [2.24, 2.45) is 11.1 Å². The van der Waals surface area contributed by atoms with Crippen molar-refractivity contribution in [2.75, 3.05) is 18.0 Å². The van der Waals surface area contributed by atoms with Crippen LogP contribution in [0, 0.1) is 5.41 Å². The van der Waals surface area contributed by atoms with Gasteiger partial charge in [0.05, 0.1) is 17.4 Å². The molecule has 1 aliphatic carbocycles. The maximum Gasteiger partial charge on any atom is 0.147 e. The number of aromatic nitrogens is 3. The minimum Gasteiger partial charge on any atom is -0.355 e. The highest BCUT2D eigenvalue weighted by Crippen LogP contribution is 2.45. The molecule has 0 radical (unpaired) electrons. The lowest BCUT2D eigenvalue weighted by Gasteiger charge is -2.42. The fourth-order valence-electron chi connectivity index (χ4n) is 4.05. The van der Waals surface area contributed by atoms with Crippen LogP contribution in [-0.2, 0) is 0 Å². The molecule has 25 heavy (non-hydrogen) atoms. The van der Waals surface area contributed by atoms with E-state index in [4.69, 9.17) is 17.3 Å². The first-order chi connectivity index (χ1) is 12.2. The third kappa shape index (κ3) is 3.48. The monoisotopic (exact) mass is 375 g/mol. The third-order valence-corrected chi connectivity index (χ3v) is 7.03. The molecule has 1 atom stereocenters. The Morgan fingerprint density at radius 3 is 2.64 bits per heavy atom. The number of pyridine rings is 1. The van der Waals surface area contributed by atoms with Gasteiger partial charge in [-0.25, -0.2) is 9.97 Å². The summed E-state index contributed by atoms with van der Waals surface area (Å²) in [6.07, 6.45) is 13.1. The average molecular weight is 376 g/mol. The van der Waals surface area contributed by atoms with E-state index in [1.807, 2.05) is 18.5 Å². The molecule has 1 saturated carbocycles. The SMILES string of the molecule is N[C@@H]1CCCC12CCN(c1cnc(Sc3ccncc3Cl)cn1)CC2. The standard InChI is InChI=1S/C18H22ClN5S/c19-13-10-21-7-3-14(13)25-17-12-22-16(11-23-17)24-8-5-18(6-9-24)4-1-2-15(18)20/h3,7,10-12,15H,1-2,4-6,8-9,20H2/t15-/m1/s1. The maximum atomic E-state index is 6.37. The van der Waals surface area contributed by atoms with Crippen LogP contribution in [0.3, 0.4) is 0 Å². The number of piperidine rings is 1. The van der Waals surface area contributed by atoms with Crippen LogP contribution in [-0.4, -0.2) is 34.1 Å². The van der Waals surface area contributed by atoms with E-state index in [-0.39, 0.29) is 0 Å². The summed E-state index contributed by atoms with van der Waals surface area (Å²) >= 11 is 7.65. The quantitative estimate of drug-likeness (QED) is 0.880. The summed E-state index contributed by atoms with van der Waals surface area (Å²) in [7, 11) is 0. The van der Waals surface area contributed by atoms with E-state index in [0.29, 0.717) is 16.5 Å². The van der Waals surface area contributed by atoms with Gasteiger partial charge in [-0.1, -0.05) is 29.8 Å². The molecule has 3 heterocycles. The summed E-state index contributed by atoms with van der Waals surface area (Å²) in [5, 5.41) is 1.47. The predicted molar refractivity (Wildman–Crippen MR) is 101 cm³/mol. The molecule has 1 saturated heterocycles. The highest BCUT2D eigenvalue weighted by molar-refractivity contribution is 7.99. The molecule has 5 nitrogen and oxygen atoms in total. The molecule has 0 bridgehead atoms. The minimum atomic E-state index is 0.373. The fraction of sp³-hybridized carbons (Fsp3) is 0.500. The lowest BCUT2D eigenvalue weighted by molar-refractivity contribution is 0.197. The largest absolute Gasteiger partial charge is 0.355 e. The maximum absolute atomic E-state index is 6.37. The lowest BCUT2D eigenvalue weighted by atomic mass is 9.74. The Hall–Kier alpha value is -1.37. The average Bonchev–Trinajstić information content (AvgIpc) is 2.99. The molecule has 2 aromatic rings. The molecule has 2 N–H and O–H groups in total. The van der Waals surface area contributed by atoms with Gasteiger partial charge in [-0.15, -0.1) is 0 Å². The summed E-state index contributed by atoms with van der Waals surface area (Å²) in [4.78, 5) is 16.4. The Morgan fingerprint density at radius 2 is 2.00 bits per heavy atom. The van der Waals surface area contributed by atoms with Crippen LogP contribution in [0.15, 0.2) is 40.8 Å². The van der Waals surface area contributed by atoms with E-state index < -0.39 is 0 Å². The molecule has 4 rings (SSSR count). The zero-order valence-electron chi connectivity index (χ0n) is 14.1. The van der Waals surface area contributed by atoms with Crippen molar-refractivity contribution < 1.29 is 0 Å². The number of anilines is 1. The zero-order valence-corrected chi connectivity index (χ0v) is 15.6. The Bertz CT molecular complexity index is 731. The van der Waals surface area contributed by atoms with Gasteiger partial charge in [-0.3, -0.25) is 4.98 Å². The molecule has 1 aliphatic heterocycles. The van der Waals surface area contributed by atoms with E-state index in [1.54, 1.807) is 12.4 Å². The third-order valence-electron chi connectivity index (χ3n) is 5.62. The zero-order chi connectivity index (χ0) is 17.3. The molecule has 1 spiro atoms. The minimum absolute atomic E-state index is 0.373. The molecule has 2 fully saturated rings. The van der Waals surface area contributed by atoms with Crippen LogP contribution in [0.1, 0.15) is 32.1 Å². The van der Waals surface area contributed by atoms with Crippen molar-refractivity contribution in [3.05, 3.63) is 35.9 Å². The Balaban J connectivity index is 1.40. The van der Waals surface area contributed by atoms with Gasteiger partial charge < -0.3 is 10.6 Å². The number of nitrogens with zero attached hydrogens (tertiary/aromatic N) is 4.